The van der Waals surface area contributed by atoms with Crippen molar-refractivity contribution in [2.75, 3.05) is 26.8 Å². The molecule has 4 rings (SSSR count). The lowest BCUT2D eigenvalue weighted by Crippen LogP contribution is -2.29. The van der Waals surface area contributed by atoms with E-state index in [2.05, 4.69) is 10.1 Å². The van der Waals surface area contributed by atoms with Crippen LogP contribution in [0.2, 0.25) is 0 Å². The zero-order chi connectivity index (χ0) is 22.9. The van der Waals surface area contributed by atoms with Crippen molar-refractivity contribution in [3.8, 4) is 17.0 Å². The van der Waals surface area contributed by atoms with Crippen molar-refractivity contribution in [1.82, 2.24) is 19.5 Å². The number of likely N-dealkylation sites (tertiary alicyclic amines) is 1. The summed E-state index contributed by atoms with van der Waals surface area (Å²) in [5.74, 6) is -0.559. The second kappa shape index (κ2) is 8.48. The van der Waals surface area contributed by atoms with Gasteiger partial charge in [-0.25, -0.2) is 14.3 Å². The molecule has 1 saturated heterocycles. The second-order valence-electron chi connectivity index (χ2n) is 7.14. The van der Waals surface area contributed by atoms with Gasteiger partial charge >= 0.3 is 12.1 Å². The normalized spacial score (nSPS) is 14.2. The summed E-state index contributed by atoms with van der Waals surface area (Å²) >= 11 is 0. The van der Waals surface area contributed by atoms with Crippen LogP contribution in [0.5, 0.6) is 5.75 Å². The molecule has 11 heteroatoms. The molecule has 0 unspecified atom stereocenters. The van der Waals surface area contributed by atoms with Crippen molar-refractivity contribution in [3.63, 3.8) is 0 Å². The van der Waals surface area contributed by atoms with E-state index in [9.17, 15) is 22.8 Å². The predicted octanol–water partition coefficient (Wildman–Crippen LogP) is 3.20. The van der Waals surface area contributed by atoms with Crippen LogP contribution in [0.15, 0.2) is 36.5 Å². The van der Waals surface area contributed by atoms with Gasteiger partial charge in [0.1, 0.15) is 17.9 Å². The maximum atomic E-state index is 13.7. The molecule has 8 nitrogen and oxygen atoms in total. The highest BCUT2D eigenvalue weighted by Gasteiger charge is 2.36. The van der Waals surface area contributed by atoms with Crippen LogP contribution < -0.4 is 4.74 Å². The standard InChI is InChI=1S/C21H19F3N4O4/c1-31-16-6-3-2-5-13(16)15-11-17(21(22,23)24)28-19(26-15)14(12-25-28)20(30)32-10-9-27-8-4-7-18(27)29/h2-3,5-6,11-12H,4,7-10H2,1H3. The van der Waals surface area contributed by atoms with Gasteiger partial charge in [-0.1, -0.05) is 12.1 Å². The van der Waals surface area contributed by atoms with Gasteiger partial charge in [-0.2, -0.15) is 18.3 Å². The highest BCUT2D eigenvalue weighted by molar-refractivity contribution is 5.96. The van der Waals surface area contributed by atoms with E-state index >= 15 is 0 Å². The van der Waals surface area contributed by atoms with Crippen molar-refractivity contribution in [2.24, 2.45) is 0 Å². The Hall–Kier alpha value is -3.63. The van der Waals surface area contributed by atoms with Crippen LogP contribution in [0.1, 0.15) is 28.9 Å². The molecule has 3 heterocycles. The molecule has 3 aromatic rings. The van der Waals surface area contributed by atoms with E-state index in [1.165, 1.54) is 7.11 Å². The van der Waals surface area contributed by atoms with Gasteiger partial charge in [0.15, 0.2) is 11.3 Å². The molecule has 0 saturated carbocycles. The van der Waals surface area contributed by atoms with Crippen LogP contribution >= 0.6 is 0 Å². The third kappa shape index (κ3) is 4.10. The fourth-order valence-corrected chi connectivity index (χ4v) is 3.57. The summed E-state index contributed by atoms with van der Waals surface area (Å²) < 4.78 is 52.2. The number of fused-ring (bicyclic) bond motifs is 1. The number of hydrogen-bond donors (Lipinski definition) is 0. The maximum Gasteiger partial charge on any atom is 0.433 e. The highest BCUT2D eigenvalue weighted by atomic mass is 19.4. The first-order valence-corrected chi connectivity index (χ1v) is 9.84. The summed E-state index contributed by atoms with van der Waals surface area (Å²) in [6.07, 6.45) is -2.55. The SMILES string of the molecule is COc1ccccc1-c1cc(C(F)(F)F)n2ncc(C(=O)OCCN3CCCC3=O)c2n1. The van der Waals surface area contributed by atoms with Gasteiger partial charge in [-0.3, -0.25) is 4.79 Å². The molecule has 1 aliphatic heterocycles. The number of hydrogen-bond acceptors (Lipinski definition) is 6. The third-order valence-corrected chi connectivity index (χ3v) is 5.13. The van der Waals surface area contributed by atoms with Crippen molar-refractivity contribution in [1.29, 1.82) is 0 Å². The molecular formula is C21H19F3N4O4. The van der Waals surface area contributed by atoms with Gasteiger partial charge in [0, 0.05) is 18.5 Å². The molecule has 168 valence electrons. The lowest BCUT2D eigenvalue weighted by molar-refractivity contribution is -0.142. The third-order valence-electron chi connectivity index (χ3n) is 5.13. The number of esters is 1. The molecule has 1 amide bonds. The van der Waals surface area contributed by atoms with Gasteiger partial charge in [0.25, 0.3) is 0 Å². The van der Waals surface area contributed by atoms with Gasteiger partial charge in [-0.15, -0.1) is 0 Å². The summed E-state index contributed by atoms with van der Waals surface area (Å²) in [6.45, 7) is 0.726. The van der Waals surface area contributed by atoms with Crippen LogP contribution in [-0.4, -0.2) is 58.2 Å². The van der Waals surface area contributed by atoms with E-state index in [-0.39, 0.29) is 36.0 Å². The van der Waals surface area contributed by atoms with Crippen LogP contribution in [0.4, 0.5) is 13.2 Å². The topological polar surface area (TPSA) is 86.0 Å². The van der Waals surface area contributed by atoms with E-state index in [4.69, 9.17) is 9.47 Å². The number of benzene rings is 1. The summed E-state index contributed by atoms with van der Waals surface area (Å²) in [4.78, 5) is 30.1. The largest absolute Gasteiger partial charge is 0.496 e. The Morgan fingerprint density at radius 1 is 1.25 bits per heavy atom. The Bertz CT molecular complexity index is 1180. The number of methoxy groups -OCH3 is 1. The smallest absolute Gasteiger partial charge is 0.433 e. The zero-order valence-electron chi connectivity index (χ0n) is 17.1. The summed E-state index contributed by atoms with van der Waals surface area (Å²) in [6, 6.07) is 7.34. The van der Waals surface area contributed by atoms with E-state index in [1.807, 2.05) is 0 Å². The number of aromatic nitrogens is 3. The van der Waals surface area contributed by atoms with Crippen LogP contribution in [-0.2, 0) is 15.7 Å². The zero-order valence-corrected chi connectivity index (χ0v) is 17.1. The molecule has 1 aliphatic rings. The summed E-state index contributed by atoms with van der Waals surface area (Å²) in [5.41, 5.74) is -1.29. The number of alkyl halides is 3. The molecular weight excluding hydrogens is 429 g/mol. The number of amides is 1. The minimum atomic E-state index is -4.75. The number of nitrogens with zero attached hydrogens (tertiary/aromatic N) is 4. The van der Waals surface area contributed by atoms with E-state index < -0.39 is 17.8 Å². The first-order chi connectivity index (χ1) is 15.3. The Morgan fingerprint density at radius 3 is 2.72 bits per heavy atom. The molecule has 32 heavy (non-hydrogen) atoms. The van der Waals surface area contributed by atoms with Crippen LogP contribution in [0.3, 0.4) is 0 Å². The first-order valence-electron chi connectivity index (χ1n) is 9.84. The molecule has 0 radical (unpaired) electrons. The number of carbonyl (C=O) groups is 2. The van der Waals surface area contributed by atoms with E-state index in [1.54, 1.807) is 29.2 Å². The minimum Gasteiger partial charge on any atom is -0.496 e. The molecule has 0 spiro atoms. The molecule has 0 N–H and O–H groups in total. The van der Waals surface area contributed by atoms with E-state index in [0.717, 1.165) is 18.7 Å². The molecule has 0 bridgehead atoms. The fourth-order valence-electron chi connectivity index (χ4n) is 3.57. The number of halogens is 3. The fraction of sp³-hybridized carbons (Fsp3) is 0.333. The van der Waals surface area contributed by atoms with E-state index in [0.29, 0.717) is 28.8 Å². The molecule has 0 atom stereocenters. The highest BCUT2D eigenvalue weighted by Crippen LogP contribution is 2.35. The molecule has 1 aromatic carbocycles. The average Bonchev–Trinajstić information content (AvgIpc) is 3.38. The predicted molar refractivity (Wildman–Crippen MR) is 106 cm³/mol. The molecule has 2 aromatic heterocycles. The van der Waals surface area contributed by atoms with Crippen LogP contribution in [0, 0.1) is 0 Å². The number of para-hydroxylation sites is 1. The lowest BCUT2D eigenvalue weighted by atomic mass is 10.1. The van der Waals surface area contributed by atoms with Crippen molar-refractivity contribution < 1.29 is 32.2 Å². The number of ether oxygens (including phenoxy) is 2. The monoisotopic (exact) mass is 448 g/mol. The van der Waals surface area contributed by atoms with Gasteiger partial charge in [0.05, 0.1) is 25.5 Å². The quantitative estimate of drug-likeness (QED) is 0.539. The second-order valence-corrected chi connectivity index (χ2v) is 7.14. The average molecular weight is 448 g/mol. The number of rotatable bonds is 6. The Balaban J connectivity index is 1.69. The molecule has 1 fully saturated rings. The van der Waals surface area contributed by atoms with Gasteiger partial charge in [0.2, 0.25) is 5.91 Å². The first kappa shape index (κ1) is 21.6. The lowest BCUT2D eigenvalue weighted by Gasteiger charge is -2.15. The Labute approximate surface area is 180 Å². The van der Waals surface area contributed by atoms with Crippen LogP contribution in [0.25, 0.3) is 16.9 Å². The molecule has 0 aliphatic carbocycles. The van der Waals surface area contributed by atoms with Crippen molar-refractivity contribution >= 4 is 17.5 Å². The minimum absolute atomic E-state index is 0.0185. The number of carbonyl (C=O) groups excluding carboxylic acids is 2. The Morgan fingerprint density at radius 2 is 2.03 bits per heavy atom. The van der Waals surface area contributed by atoms with Crippen molar-refractivity contribution in [3.05, 3.63) is 47.8 Å². The van der Waals surface area contributed by atoms with Gasteiger partial charge < -0.3 is 14.4 Å². The van der Waals surface area contributed by atoms with Crippen molar-refractivity contribution in [2.45, 2.75) is 19.0 Å². The summed E-state index contributed by atoms with van der Waals surface area (Å²) in [7, 11) is 1.40. The van der Waals surface area contributed by atoms with Gasteiger partial charge in [-0.05, 0) is 24.6 Å². The summed E-state index contributed by atoms with van der Waals surface area (Å²) in [5, 5.41) is 3.72. The Kier molecular flexibility index (Phi) is 5.72. The maximum absolute atomic E-state index is 13.7.